The average Bonchev–Trinajstić information content (AvgIpc) is 2.15. The molecule has 0 aromatic heterocycles. The molecule has 0 nitrogen and oxygen atoms in total. The summed E-state index contributed by atoms with van der Waals surface area (Å²) in [6.07, 6.45) is 13.1. The molecule has 0 N–H and O–H groups in total. The highest BCUT2D eigenvalue weighted by Gasteiger charge is 1.97. The molecule has 0 aromatic carbocycles. The summed E-state index contributed by atoms with van der Waals surface area (Å²) < 4.78 is 0. The van der Waals surface area contributed by atoms with Crippen molar-refractivity contribution >= 4 is 0 Å². The number of allylic oxidation sites excluding steroid dienone is 3. The van der Waals surface area contributed by atoms with Gasteiger partial charge < -0.3 is 0 Å². The summed E-state index contributed by atoms with van der Waals surface area (Å²) >= 11 is 0. The molecule has 0 saturated heterocycles. The average molecular weight is 194 g/mol. The lowest BCUT2D eigenvalue weighted by atomic mass is 10.00. The quantitative estimate of drug-likeness (QED) is 0.478. The van der Waals surface area contributed by atoms with E-state index in [4.69, 9.17) is 0 Å². The standard InChI is InChI=1S/C14H26/c1-5-7-10-14(4)12-8-11-13(3)9-6-2/h6,8,12-14H,2,5,7,9-11H2,1,3-4H3. The summed E-state index contributed by atoms with van der Waals surface area (Å²) in [7, 11) is 0. The second-order valence-corrected chi connectivity index (χ2v) is 4.41. The Kier molecular flexibility index (Phi) is 8.72. The van der Waals surface area contributed by atoms with E-state index in [2.05, 4.69) is 39.5 Å². The molecule has 2 atom stereocenters. The van der Waals surface area contributed by atoms with Crippen molar-refractivity contribution in [2.75, 3.05) is 0 Å². The maximum atomic E-state index is 3.76. The van der Waals surface area contributed by atoms with Crippen molar-refractivity contribution in [3.63, 3.8) is 0 Å². The first-order valence-corrected chi connectivity index (χ1v) is 5.98. The highest BCUT2D eigenvalue weighted by molar-refractivity contribution is 4.88. The number of unbranched alkanes of at least 4 members (excludes halogenated alkanes) is 1. The van der Waals surface area contributed by atoms with Crippen LogP contribution in [0.4, 0.5) is 0 Å². The van der Waals surface area contributed by atoms with Crippen LogP contribution in [0.2, 0.25) is 0 Å². The first-order valence-electron chi connectivity index (χ1n) is 5.98. The van der Waals surface area contributed by atoms with E-state index < -0.39 is 0 Å². The van der Waals surface area contributed by atoms with E-state index >= 15 is 0 Å². The normalized spacial score (nSPS) is 15.6. The van der Waals surface area contributed by atoms with Crippen LogP contribution in [0.25, 0.3) is 0 Å². The van der Waals surface area contributed by atoms with Gasteiger partial charge in [0.25, 0.3) is 0 Å². The highest BCUT2D eigenvalue weighted by atomic mass is 14.0. The number of hydrogen-bond donors (Lipinski definition) is 0. The Morgan fingerprint density at radius 1 is 1.21 bits per heavy atom. The van der Waals surface area contributed by atoms with E-state index in [0.717, 1.165) is 18.3 Å². The number of rotatable bonds is 8. The molecule has 0 saturated carbocycles. The van der Waals surface area contributed by atoms with Gasteiger partial charge in [-0.25, -0.2) is 0 Å². The largest absolute Gasteiger partial charge is 0.103 e. The molecule has 0 heteroatoms. The maximum Gasteiger partial charge on any atom is -0.0262 e. The Morgan fingerprint density at radius 2 is 1.93 bits per heavy atom. The van der Waals surface area contributed by atoms with Gasteiger partial charge in [0.2, 0.25) is 0 Å². The van der Waals surface area contributed by atoms with Crippen molar-refractivity contribution in [2.24, 2.45) is 11.8 Å². The van der Waals surface area contributed by atoms with Crippen LogP contribution in [0.15, 0.2) is 24.8 Å². The fraction of sp³-hybridized carbons (Fsp3) is 0.714. The van der Waals surface area contributed by atoms with Crippen molar-refractivity contribution < 1.29 is 0 Å². The summed E-state index contributed by atoms with van der Waals surface area (Å²) in [5.74, 6) is 1.51. The molecule has 0 radical (unpaired) electrons. The van der Waals surface area contributed by atoms with Crippen molar-refractivity contribution in [1.82, 2.24) is 0 Å². The molecule has 0 fully saturated rings. The van der Waals surface area contributed by atoms with Crippen LogP contribution >= 0.6 is 0 Å². The first-order chi connectivity index (χ1) is 6.70. The van der Waals surface area contributed by atoms with E-state index in [1.165, 1.54) is 25.7 Å². The molecular formula is C14H26. The van der Waals surface area contributed by atoms with E-state index in [1.807, 2.05) is 6.08 Å². The summed E-state index contributed by atoms with van der Waals surface area (Å²) in [6, 6.07) is 0. The van der Waals surface area contributed by atoms with Gasteiger partial charge in [-0.05, 0) is 31.1 Å². The Bertz CT molecular complexity index is 155. The summed E-state index contributed by atoms with van der Waals surface area (Å²) in [4.78, 5) is 0. The fourth-order valence-corrected chi connectivity index (χ4v) is 1.55. The van der Waals surface area contributed by atoms with E-state index in [1.54, 1.807) is 0 Å². The Hall–Kier alpha value is -0.520. The van der Waals surface area contributed by atoms with Gasteiger partial charge in [0, 0.05) is 0 Å². The lowest BCUT2D eigenvalue weighted by Gasteiger charge is -2.06. The molecule has 0 aliphatic carbocycles. The second kappa shape index (κ2) is 9.05. The minimum absolute atomic E-state index is 0.752. The Morgan fingerprint density at radius 3 is 2.50 bits per heavy atom. The fourth-order valence-electron chi connectivity index (χ4n) is 1.55. The predicted octanol–water partition coefficient (Wildman–Crippen LogP) is 4.97. The van der Waals surface area contributed by atoms with E-state index in [0.29, 0.717) is 0 Å². The molecule has 0 bridgehead atoms. The van der Waals surface area contributed by atoms with Crippen molar-refractivity contribution in [2.45, 2.75) is 52.9 Å². The van der Waals surface area contributed by atoms with Gasteiger partial charge in [-0.2, -0.15) is 0 Å². The molecule has 2 unspecified atom stereocenters. The van der Waals surface area contributed by atoms with Crippen molar-refractivity contribution in [3.8, 4) is 0 Å². The molecule has 0 amide bonds. The minimum Gasteiger partial charge on any atom is -0.103 e. The van der Waals surface area contributed by atoms with E-state index in [9.17, 15) is 0 Å². The van der Waals surface area contributed by atoms with Gasteiger partial charge in [0.1, 0.15) is 0 Å². The minimum atomic E-state index is 0.752. The monoisotopic (exact) mass is 194 g/mol. The van der Waals surface area contributed by atoms with Crippen LogP contribution in [0.1, 0.15) is 52.9 Å². The molecular weight excluding hydrogens is 168 g/mol. The number of hydrogen-bond acceptors (Lipinski definition) is 0. The molecule has 0 aliphatic rings. The summed E-state index contributed by atoms with van der Waals surface area (Å²) in [5, 5.41) is 0. The van der Waals surface area contributed by atoms with Crippen LogP contribution in [-0.2, 0) is 0 Å². The maximum absolute atomic E-state index is 3.76. The van der Waals surface area contributed by atoms with Crippen molar-refractivity contribution in [3.05, 3.63) is 24.8 Å². The van der Waals surface area contributed by atoms with Crippen molar-refractivity contribution in [1.29, 1.82) is 0 Å². The van der Waals surface area contributed by atoms with Gasteiger partial charge in [-0.15, -0.1) is 6.58 Å². The molecule has 0 spiro atoms. The molecule has 0 rings (SSSR count). The predicted molar refractivity (Wildman–Crippen MR) is 66.4 cm³/mol. The van der Waals surface area contributed by atoms with Gasteiger partial charge in [-0.1, -0.05) is 51.8 Å². The van der Waals surface area contributed by atoms with Gasteiger partial charge >= 0.3 is 0 Å². The Balaban J connectivity index is 3.54. The molecule has 0 aliphatic heterocycles. The van der Waals surface area contributed by atoms with E-state index in [-0.39, 0.29) is 0 Å². The van der Waals surface area contributed by atoms with Crippen LogP contribution in [-0.4, -0.2) is 0 Å². The van der Waals surface area contributed by atoms with Gasteiger partial charge in [-0.3, -0.25) is 0 Å². The zero-order valence-corrected chi connectivity index (χ0v) is 10.1. The highest BCUT2D eigenvalue weighted by Crippen LogP contribution is 2.12. The SMILES string of the molecule is C=CCC(C)CC=CC(C)CCCC. The third-order valence-corrected chi connectivity index (χ3v) is 2.59. The van der Waals surface area contributed by atoms with Crippen LogP contribution in [0, 0.1) is 11.8 Å². The third-order valence-electron chi connectivity index (χ3n) is 2.59. The smallest absolute Gasteiger partial charge is 0.0262 e. The topological polar surface area (TPSA) is 0 Å². The van der Waals surface area contributed by atoms with Gasteiger partial charge in [0.05, 0.1) is 0 Å². The van der Waals surface area contributed by atoms with Crippen LogP contribution in [0.3, 0.4) is 0 Å². The van der Waals surface area contributed by atoms with Crippen LogP contribution < -0.4 is 0 Å². The summed E-state index contributed by atoms with van der Waals surface area (Å²) in [5.41, 5.74) is 0. The Labute approximate surface area is 90.1 Å². The van der Waals surface area contributed by atoms with Gasteiger partial charge in [0.15, 0.2) is 0 Å². The molecule has 82 valence electrons. The third kappa shape index (κ3) is 8.10. The first kappa shape index (κ1) is 13.5. The second-order valence-electron chi connectivity index (χ2n) is 4.41. The molecule has 0 heterocycles. The molecule has 14 heavy (non-hydrogen) atoms. The zero-order chi connectivity index (χ0) is 10.8. The lowest BCUT2D eigenvalue weighted by molar-refractivity contribution is 0.580. The molecule has 0 aromatic rings. The zero-order valence-electron chi connectivity index (χ0n) is 10.1. The van der Waals surface area contributed by atoms with Crippen LogP contribution in [0.5, 0.6) is 0 Å². The summed E-state index contributed by atoms with van der Waals surface area (Å²) in [6.45, 7) is 10.6. The lowest BCUT2D eigenvalue weighted by Crippen LogP contribution is -1.92.